The minimum atomic E-state index is -2.03. The van der Waals surface area contributed by atoms with Crippen LogP contribution >= 0.6 is 11.1 Å². The second-order valence-electron chi connectivity index (χ2n) is 23.9. The molecule has 6 N–H and O–H groups in total. The molecule has 0 saturated heterocycles. The van der Waals surface area contributed by atoms with Crippen LogP contribution in [0.25, 0.3) is 0 Å². The van der Waals surface area contributed by atoms with Gasteiger partial charge >= 0.3 is 23.9 Å². The van der Waals surface area contributed by atoms with Gasteiger partial charge < -0.3 is 42.7 Å². The molecular formula is C54H101ClO13Si8. The molecule has 0 amide bonds. The molecule has 0 spiro atoms. The van der Waals surface area contributed by atoms with Crippen molar-refractivity contribution in [3.8, 4) is 0 Å². The normalized spacial score (nSPS) is 12.2. The van der Waals surface area contributed by atoms with Crippen molar-refractivity contribution in [2.75, 3.05) is 6.61 Å². The fraction of sp³-hybridized carbons (Fsp3) is 0.593. The zero-order valence-corrected chi connectivity index (χ0v) is 58.1. The molecule has 13 nitrogen and oxygen atoms in total. The van der Waals surface area contributed by atoms with Gasteiger partial charge in [-0.3, -0.25) is 19.2 Å². The van der Waals surface area contributed by atoms with Gasteiger partial charge in [0.25, 0.3) is 0 Å². The second kappa shape index (κ2) is 36.6. The Morgan fingerprint density at radius 1 is 0.382 bits per heavy atom. The molecule has 0 heterocycles. The molecule has 3 rings (SSSR count). The number of unbranched alkanes of at least 4 members (excludes halogenated alkanes) is 1. The molecule has 0 aliphatic carbocycles. The highest BCUT2D eigenvalue weighted by atomic mass is 35.6. The molecule has 0 aliphatic rings. The van der Waals surface area contributed by atoms with Gasteiger partial charge in [-0.15, -0.1) is 0 Å². The third kappa shape index (κ3) is 42.3. The van der Waals surface area contributed by atoms with Crippen LogP contribution < -0.4 is 15.6 Å². The van der Waals surface area contributed by atoms with Crippen molar-refractivity contribution < 1.29 is 61.9 Å². The number of hydrogen-bond acceptors (Lipinski definition) is 9. The van der Waals surface area contributed by atoms with Crippen LogP contribution in [-0.4, -0.2) is 126 Å². The first-order valence-electron chi connectivity index (χ1n) is 26.8. The van der Waals surface area contributed by atoms with E-state index in [1.54, 1.807) is 0 Å². The molecule has 0 fully saturated rings. The van der Waals surface area contributed by atoms with Crippen molar-refractivity contribution in [3.63, 3.8) is 0 Å². The lowest BCUT2D eigenvalue weighted by Gasteiger charge is -2.34. The van der Waals surface area contributed by atoms with Crippen molar-refractivity contribution in [2.24, 2.45) is 0 Å². The molecule has 3 aromatic carbocycles. The van der Waals surface area contributed by atoms with E-state index in [1.165, 1.54) is 10.4 Å². The average Bonchev–Trinajstić information content (AvgIpc) is 3.26. The summed E-state index contributed by atoms with van der Waals surface area (Å²) < 4.78 is 19.3. The van der Waals surface area contributed by atoms with Crippen LogP contribution in [0.5, 0.6) is 0 Å². The van der Waals surface area contributed by atoms with Crippen molar-refractivity contribution in [3.05, 3.63) is 91.0 Å². The molecule has 0 aliphatic heterocycles. The predicted octanol–water partition coefficient (Wildman–Crippen LogP) is 12.8. The number of aliphatic carboxylic acids is 4. The zero-order chi connectivity index (χ0) is 59.1. The molecule has 76 heavy (non-hydrogen) atoms. The molecule has 3 aromatic rings. The van der Waals surface area contributed by atoms with Gasteiger partial charge in [-0.1, -0.05) is 111 Å². The summed E-state index contributed by atoms with van der Waals surface area (Å²) in [7, 11) is -14.3. The van der Waals surface area contributed by atoms with Gasteiger partial charge in [-0.2, -0.15) is 11.1 Å². The highest BCUT2D eigenvalue weighted by molar-refractivity contribution is 7.19. The van der Waals surface area contributed by atoms with Crippen LogP contribution in [0.2, 0.25) is 135 Å². The van der Waals surface area contributed by atoms with E-state index < -0.39 is 89.5 Å². The summed E-state index contributed by atoms with van der Waals surface area (Å²) in [5.74, 6) is -2.97. The smallest absolute Gasteiger partial charge is 0.303 e. The molecule has 0 bridgehead atoms. The Morgan fingerprint density at radius 3 is 0.868 bits per heavy atom. The first-order chi connectivity index (χ1) is 34.7. The Kier molecular flexibility index (Phi) is 36.3. The van der Waals surface area contributed by atoms with Crippen molar-refractivity contribution in [1.29, 1.82) is 0 Å². The Balaban J connectivity index is 0. The standard InChI is InChI=1S/C14H24O3Si2.C14H26O2Si2.C12H26O5Si2.C8H12OSi.C6H13ClO2Si/c1-18(2,12-8-11-14(15)16)17-19(3,4)13-9-6-5-7-10-13;1-17(2,13-9-8-12-15)16-18(3,4)14-10-6-5-7-11-14;1-18(2,9-5-7-11(13)14)17-19(3,4)10-6-8-12(15)16;1-10(2,9)8-6-4-3-5-7-8;1-10(2,7)5-3-4-6(8)9/h5-7,9-10H,8,11-12H2,1-4H3,(H,15,16);5-7,10-11,15H,8-9,12-13H2,1-4H3;5-10H2,1-4H3,(H,13,14)(H,15,16);3-7,9H,1-2H3;3-5H2,1-2H3,(H,8,9). The lowest BCUT2D eigenvalue weighted by atomic mass is 10.3. The van der Waals surface area contributed by atoms with Gasteiger partial charge in [-0.25, -0.2) is 0 Å². The van der Waals surface area contributed by atoms with Gasteiger partial charge in [0.1, 0.15) is 0 Å². The quantitative estimate of drug-likeness (QED) is 0.0217. The molecule has 0 saturated carbocycles. The number of hydrogen-bond donors (Lipinski definition) is 6. The summed E-state index contributed by atoms with van der Waals surface area (Å²) in [5.41, 5.74) is 0. The fourth-order valence-corrected chi connectivity index (χ4v) is 36.5. The predicted molar refractivity (Wildman–Crippen MR) is 337 cm³/mol. The Hall–Kier alpha value is -2.63. The Labute approximate surface area is 471 Å². The van der Waals surface area contributed by atoms with E-state index in [0.29, 0.717) is 25.9 Å². The number of aliphatic hydroxyl groups is 1. The molecule has 434 valence electrons. The van der Waals surface area contributed by atoms with Gasteiger partial charge in [0.15, 0.2) is 40.7 Å². The SMILES string of the molecule is C[Si](C)(CCCC(=O)O)O[Si](C)(C)CCCC(=O)O.C[Si](C)(CCCC(=O)O)O[Si](C)(C)c1ccccc1.C[Si](C)(CCCCO)O[Si](C)(C)c1ccccc1.C[Si](C)(Cl)CCCC(=O)O.C[Si](C)(O)c1ccccc1. The number of rotatable bonds is 29. The van der Waals surface area contributed by atoms with Crippen LogP contribution in [0.1, 0.15) is 64.2 Å². The van der Waals surface area contributed by atoms with E-state index in [2.05, 4.69) is 121 Å². The highest BCUT2D eigenvalue weighted by Crippen LogP contribution is 2.26. The average molecular weight is 1220 g/mol. The second-order valence-corrected chi connectivity index (χ2v) is 60.3. The number of halogens is 1. The van der Waals surface area contributed by atoms with Crippen LogP contribution in [-0.2, 0) is 31.5 Å². The van der Waals surface area contributed by atoms with Crippen LogP contribution in [0, 0.1) is 0 Å². The Morgan fingerprint density at radius 2 is 0.632 bits per heavy atom. The lowest BCUT2D eigenvalue weighted by Crippen LogP contribution is -2.52. The molecule has 0 unspecified atom stereocenters. The summed E-state index contributed by atoms with van der Waals surface area (Å²) >= 11 is 5.96. The highest BCUT2D eigenvalue weighted by Gasteiger charge is 2.36. The van der Waals surface area contributed by atoms with E-state index in [0.717, 1.165) is 54.7 Å². The number of benzene rings is 3. The molecule has 22 heteroatoms. The summed E-state index contributed by atoms with van der Waals surface area (Å²) in [6.07, 6.45) is 5.62. The number of carboxylic acids is 4. The van der Waals surface area contributed by atoms with Crippen molar-refractivity contribution in [1.82, 2.24) is 0 Å². The minimum absolute atomic E-state index is 0.195. The van der Waals surface area contributed by atoms with Crippen LogP contribution in [0.15, 0.2) is 91.0 Å². The molecule has 0 radical (unpaired) electrons. The van der Waals surface area contributed by atoms with Gasteiger partial charge in [0.2, 0.25) is 25.0 Å². The zero-order valence-electron chi connectivity index (χ0n) is 49.4. The maximum Gasteiger partial charge on any atom is 0.303 e. The number of aliphatic hydroxyl groups excluding tert-OH is 1. The molecule has 0 aromatic heterocycles. The third-order valence-electron chi connectivity index (χ3n) is 11.9. The Bertz CT molecular complexity index is 2040. The van der Waals surface area contributed by atoms with Crippen molar-refractivity contribution in [2.45, 2.75) is 199 Å². The minimum Gasteiger partial charge on any atom is -0.481 e. The van der Waals surface area contributed by atoms with Crippen molar-refractivity contribution >= 4 is 116 Å². The first-order valence-corrected chi connectivity index (χ1v) is 52.3. The topological polar surface area (TPSA) is 217 Å². The maximum atomic E-state index is 10.6. The summed E-state index contributed by atoms with van der Waals surface area (Å²) in [4.78, 5) is 51.3. The molecule has 0 atom stereocenters. The maximum absolute atomic E-state index is 10.6. The van der Waals surface area contributed by atoms with Gasteiger partial charge in [0, 0.05) is 32.3 Å². The fourth-order valence-electron chi connectivity index (χ4n) is 8.29. The van der Waals surface area contributed by atoms with E-state index in [4.69, 9.17) is 49.0 Å². The van der Waals surface area contributed by atoms with Gasteiger partial charge in [0.05, 0.1) is 0 Å². The van der Waals surface area contributed by atoms with Gasteiger partial charge in [-0.05, 0) is 170 Å². The monoisotopic (exact) mass is 1220 g/mol. The first kappa shape index (κ1) is 75.4. The van der Waals surface area contributed by atoms with E-state index in [-0.39, 0.29) is 25.7 Å². The van der Waals surface area contributed by atoms with E-state index >= 15 is 0 Å². The number of carbonyl (C=O) groups is 4. The van der Waals surface area contributed by atoms with E-state index in [1.807, 2.05) is 74.7 Å². The largest absolute Gasteiger partial charge is 0.481 e. The number of carboxylic acid groups (broad SMARTS) is 4. The summed E-state index contributed by atoms with van der Waals surface area (Å²) in [6.45, 7) is 34.6. The van der Waals surface area contributed by atoms with Crippen LogP contribution in [0.3, 0.4) is 0 Å². The lowest BCUT2D eigenvalue weighted by molar-refractivity contribution is -0.138. The van der Waals surface area contributed by atoms with Crippen LogP contribution in [0.4, 0.5) is 0 Å². The molecular weight excluding hydrogens is 1120 g/mol. The summed E-state index contributed by atoms with van der Waals surface area (Å²) in [6, 6.07) is 35.4. The van der Waals surface area contributed by atoms with E-state index in [9.17, 15) is 24.0 Å². The third-order valence-corrected chi connectivity index (χ3v) is 38.3. The summed E-state index contributed by atoms with van der Waals surface area (Å²) in [5, 5.41) is 46.9.